The first-order valence-electron chi connectivity index (χ1n) is 9.63. The highest BCUT2D eigenvalue weighted by atomic mass is 16.5. The van der Waals surface area contributed by atoms with Gasteiger partial charge in [0.25, 0.3) is 0 Å². The Morgan fingerprint density at radius 1 is 1.21 bits per heavy atom. The molecular weight excluding hydrogens is 364 g/mol. The van der Waals surface area contributed by atoms with E-state index in [4.69, 9.17) is 4.74 Å². The number of nitriles is 1. The second kappa shape index (κ2) is 8.19. The number of aromatic amines is 1. The van der Waals surface area contributed by atoms with Crippen LogP contribution in [0.5, 0.6) is 5.75 Å². The maximum atomic E-state index is 12.3. The van der Waals surface area contributed by atoms with Gasteiger partial charge in [0.15, 0.2) is 5.82 Å². The maximum absolute atomic E-state index is 12.3. The molecule has 1 fully saturated rings. The lowest BCUT2D eigenvalue weighted by Gasteiger charge is -2.35. The number of methoxy groups -OCH3 is 1. The van der Waals surface area contributed by atoms with Gasteiger partial charge in [0.1, 0.15) is 5.75 Å². The lowest BCUT2D eigenvalue weighted by Crippen LogP contribution is -2.21. The minimum Gasteiger partial charge on any atom is -0.497 e. The zero-order valence-electron chi connectivity index (χ0n) is 16.2. The van der Waals surface area contributed by atoms with Crippen LogP contribution in [-0.2, 0) is 11.2 Å². The highest BCUT2D eigenvalue weighted by molar-refractivity contribution is 5.91. The molecule has 1 saturated carbocycles. The zero-order valence-corrected chi connectivity index (χ0v) is 16.2. The molecule has 1 aromatic heterocycles. The second-order valence-electron chi connectivity index (χ2n) is 7.35. The van der Waals surface area contributed by atoms with E-state index in [1.807, 2.05) is 54.6 Å². The molecule has 4 rings (SSSR count). The van der Waals surface area contributed by atoms with E-state index >= 15 is 0 Å². The predicted molar refractivity (Wildman–Crippen MR) is 110 cm³/mol. The number of carbonyl (C=O) groups excluding carboxylic acids is 1. The first-order valence-corrected chi connectivity index (χ1v) is 9.63. The Hall–Kier alpha value is -3.59. The number of benzene rings is 2. The van der Waals surface area contributed by atoms with E-state index in [0.29, 0.717) is 17.7 Å². The summed E-state index contributed by atoms with van der Waals surface area (Å²) < 4.78 is 5.13. The largest absolute Gasteiger partial charge is 0.497 e. The highest BCUT2D eigenvalue weighted by Gasteiger charge is 2.33. The number of ether oxygens (including phenoxy) is 1. The molecular formula is C23H22N4O2. The molecule has 6 nitrogen and oxygen atoms in total. The number of rotatable bonds is 6. The lowest BCUT2D eigenvalue weighted by molar-refractivity contribution is -0.115. The van der Waals surface area contributed by atoms with Crippen LogP contribution >= 0.6 is 0 Å². The highest BCUT2D eigenvalue weighted by Crippen LogP contribution is 2.48. The lowest BCUT2D eigenvalue weighted by atomic mass is 9.69. The van der Waals surface area contributed by atoms with Crippen molar-refractivity contribution in [2.24, 2.45) is 0 Å². The van der Waals surface area contributed by atoms with Gasteiger partial charge in [0.05, 0.1) is 25.2 Å². The fourth-order valence-corrected chi connectivity index (χ4v) is 3.81. The van der Waals surface area contributed by atoms with Gasteiger partial charge < -0.3 is 10.1 Å². The van der Waals surface area contributed by atoms with E-state index in [-0.39, 0.29) is 12.3 Å². The SMILES string of the molecule is COc1ccc(CC(=O)Nc2cc(C3CC(c4ccccc4C#N)C3)[nH]n2)cc1. The fourth-order valence-electron chi connectivity index (χ4n) is 3.81. The smallest absolute Gasteiger partial charge is 0.229 e. The average Bonchev–Trinajstić information content (AvgIpc) is 3.15. The van der Waals surface area contributed by atoms with E-state index in [1.165, 1.54) is 0 Å². The fraction of sp³-hybridized carbons (Fsp3) is 0.261. The van der Waals surface area contributed by atoms with E-state index in [0.717, 1.165) is 41.0 Å². The summed E-state index contributed by atoms with van der Waals surface area (Å²) in [4.78, 5) is 12.3. The Morgan fingerprint density at radius 3 is 2.69 bits per heavy atom. The number of nitrogens with zero attached hydrogens (tertiary/aromatic N) is 2. The summed E-state index contributed by atoms with van der Waals surface area (Å²) >= 11 is 0. The van der Waals surface area contributed by atoms with Crippen molar-refractivity contribution in [1.29, 1.82) is 5.26 Å². The molecule has 0 saturated heterocycles. The van der Waals surface area contributed by atoms with Gasteiger partial charge in [-0.15, -0.1) is 0 Å². The van der Waals surface area contributed by atoms with Crippen molar-refractivity contribution in [1.82, 2.24) is 10.2 Å². The van der Waals surface area contributed by atoms with Crippen molar-refractivity contribution in [2.45, 2.75) is 31.1 Å². The average molecular weight is 386 g/mol. The molecule has 0 unspecified atom stereocenters. The molecule has 1 heterocycles. The summed E-state index contributed by atoms with van der Waals surface area (Å²) in [6.45, 7) is 0. The molecule has 0 radical (unpaired) electrons. The van der Waals surface area contributed by atoms with Gasteiger partial charge in [-0.1, -0.05) is 30.3 Å². The number of nitrogens with one attached hydrogen (secondary N) is 2. The number of carbonyl (C=O) groups is 1. The van der Waals surface area contributed by atoms with Crippen LogP contribution in [0.1, 0.15) is 47.1 Å². The normalized spacial score (nSPS) is 17.8. The van der Waals surface area contributed by atoms with Crippen LogP contribution in [-0.4, -0.2) is 23.2 Å². The summed E-state index contributed by atoms with van der Waals surface area (Å²) in [6.07, 6.45) is 2.23. The maximum Gasteiger partial charge on any atom is 0.229 e. The standard InChI is InChI=1S/C23H22N4O2/c1-29-19-8-6-15(7-9-19)10-23(28)25-22-13-21(26-27-22)18-11-17(12-18)20-5-3-2-4-16(20)14-24/h2-9,13,17-18H,10-12H2,1H3,(H2,25,26,27,28). The molecule has 146 valence electrons. The van der Waals surface area contributed by atoms with Gasteiger partial charge in [-0.25, -0.2) is 0 Å². The molecule has 0 aliphatic heterocycles. The van der Waals surface area contributed by atoms with Crippen LogP contribution in [0.25, 0.3) is 0 Å². The summed E-state index contributed by atoms with van der Waals surface area (Å²) in [5.74, 6) is 1.96. The van der Waals surface area contributed by atoms with Gasteiger partial charge in [-0.05, 0) is 48.1 Å². The molecule has 29 heavy (non-hydrogen) atoms. The zero-order chi connectivity index (χ0) is 20.2. The number of H-pyrrole nitrogens is 1. The molecule has 6 heteroatoms. The predicted octanol–water partition coefficient (Wildman–Crippen LogP) is 4.13. The number of hydrogen-bond acceptors (Lipinski definition) is 4. The van der Waals surface area contributed by atoms with Gasteiger partial charge in [0, 0.05) is 17.7 Å². The molecule has 2 aromatic carbocycles. The molecule has 2 N–H and O–H groups in total. The van der Waals surface area contributed by atoms with Crippen LogP contribution < -0.4 is 10.1 Å². The van der Waals surface area contributed by atoms with E-state index in [9.17, 15) is 10.1 Å². The molecule has 0 spiro atoms. The second-order valence-corrected chi connectivity index (χ2v) is 7.35. The Morgan fingerprint density at radius 2 is 1.97 bits per heavy atom. The Kier molecular flexibility index (Phi) is 5.30. The number of anilines is 1. The molecule has 1 aliphatic carbocycles. The third kappa shape index (κ3) is 4.14. The minimum atomic E-state index is -0.109. The third-order valence-electron chi connectivity index (χ3n) is 5.49. The number of hydrogen-bond donors (Lipinski definition) is 2. The Labute approximate surface area is 169 Å². The van der Waals surface area contributed by atoms with Gasteiger partial charge in [-0.3, -0.25) is 9.89 Å². The van der Waals surface area contributed by atoms with Crippen LogP contribution in [0.15, 0.2) is 54.6 Å². The van der Waals surface area contributed by atoms with Crippen molar-refractivity contribution < 1.29 is 9.53 Å². The molecule has 1 aliphatic rings. The topological polar surface area (TPSA) is 90.8 Å². The van der Waals surface area contributed by atoms with Crippen molar-refractivity contribution in [3.8, 4) is 11.8 Å². The monoisotopic (exact) mass is 386 g/mol. The van der Waals surface area contributed by atoms with Gasteiger partial charge in [0.2, 0.25) is 5.91 Å². The number of amides is 1. The molecule has 3 aromatic rings. The minimum absolute atomic E-state index is 0.109. The van der Waals surface area contributed by atoms with Crippen molar-refractivity contribution >= 4 is 11.7 Å². The van der Waals surface area contributed by atoms with Crippen molar-refractivity contribution in [2.75, 3.05) is 12.4 Å². The number of aromatic nitrogens is 2. The van der Waals surface area contributed by atoms with Crippen LogP contribution in [0.4, 0.5) is 5.82 Å². The summed E-state index contributed by atoms with van der Waals surface area (Å²) in [6, 6.07) is 19.4. The summed E-state index contributed by atoms with van der Waals surface area (Å²) in [7, 11) is 1.61. The van der Waals surface area contributed by atoms with Crippen LogP contribution in [0, 0.1) is 11.3 Å². The Balaban J connectivity index is 1.32. The van der Waals surface area contributed by atoms with E-state index in [2.05, 4.69) is 21.6 Å². The molecule has 0 bridgehead atoms. The van der Waals surface area contributed by atoms with Gasteiger partial charge in [-0.2, -0.15) is 10.4 Å². The molecule has 1 amide bonds. The quantitative estimate of drug-likeness (QED) is 0.666. The van der Waals surface area contributed by atoms with Gasteiger partial charge >= 0.3 is 0 Å². The van der Waals surface area contributed by atoms with E-state index in [1.54, 1.807) is 7.11 Å². The summed E-state index contributed by atoms with van der Waals surface area (Å²) in [5.41, 5.74) is 3.82. The van der Waals surface area contributed by atoms with Crippen LogP contribution in [0.3, 0.4) is 0 Å². The van der Waals surface area contributed by atoms with Crippen molar-refractivity contribution in [3.63, 3.8) is 0 Å². The first-order chi connectivity index (χ1) is 14.2. The summed E-state index contributed by atoms with van der Waals surface area (Å²) in [5, 5.41) is 19.4. The molecule has 0 atom stereocenters. The van der Waals surface area contributed by atoms with Crippen LogP contribution in [0.2, 0.25) is 0 Å². The first kappa shape index (κ1) is 18.8. The Bertz CT molecular complexity index is 1040. The van der Waals surface area contributed by atoms with Crippen molar-refractivity contribution in [3.05, 3.63) is 77.0 Å². The third-order valence-corrected chi connectivity index (χ3v) is 5.49. The van der Waals surface area contributed by atoms with E-state index < -0.39 is 0 Å².